The molecular formula is C19H17FN2O2. The van der Waals surface area contributed by atoms with E-state index in [4.69, 9.17) is 4.74 Å². The molecular weight excluding hydrogens is 307 g/mol. The zero-order valence-electron chi connectivity index (χ0n) is 13.3. The Morgan fingerprint density at radius 3 is 2.79 bits per heavy atom. The molecule has 0 aromatic heterocycles. The summed E-state index contributed by atoms with van der Waals surface area (Å²) < 4.78 is 19.1. The van der Waals surface area contributed by atoms with Gasteiger partial charge in [0.25, 0.3) is 0 Å². The molecule has 2 aromatic carbocycles. The molecule has 1 atom stereocenters. The number of hydrogen-bond acceptors (Lipinski definition) is 3. The normalized spacial score (nSPS) is 19.4. The van der Waals surface area contributed by atoms with Crippen LogP contribution >= 0.6 is 0 Å². The first-order chi connectivity index (χ1) is 11.7. The van der Waals surface area contributed by atoms with Crippen molar-refractivity contribution in [1.82, 2.24) is 0 Å². The van der Waals surface area contributed by atoms with Crippen molar-refractivity contribution in [3.05, 3.63) is 53.8 Å². The SMILES string of the molecule is COc1ccc(N2C(=O)C(C3=NCCC3)c3ccccc32)cc1F. The van der Waals surface area contributed by atoms with Gasteiger partial charge in [-0.25, -0.2) is 4.39 Å². The third kappa shape index (κ3) is 2.19. The van der Waals surface area contributed by atoms with Crippen LogP contribution in [0.3, 0.4) is 0 Å². The molecule has 0 saturated carbocycles. The highest BCUT2D eigenvalue weighted by molar-refractivity contribution is 6.22. The number of methoxy groups -OCH3 is 1. The van der Waals surface area contributed by atoms with Crippen LogP contribution in [0.15, 0.2) is 47.5 Å². The molecule has 4 nitrogen and oxygen atoms in total. The minimum Gasteiger partial charge on any atom is -0.494 e. The van der Waals surface area contributed by atoms with Crippen LogP contribution in [0.25, 0.3) is 0 Å². The number of para-hydroxylation sites is 1. The van der Waals surface area contributed by atoms with E-state index >= 15 is 0 Å². The molecule has 0 saturated heterocycles. The molecule has 2 heterocycles. The first-order valence-electron chi connectivity index (χ1n) is 8.00. The maximum Gasteiger partial charge on any atom is 0.244 e. The van der Waals surface area contributed by atoms with Gasteiger partial charge in [0.2, 0.25) is 5.91 Å². The molecule has 0 aliphatic carbocycles. The Hall–Kier alpha value is -2.69. The standard InChI is InChI=1S/C19H17FN2O2/c1-24-17-9-8-12(11-14(17)20)22-16-7-3-2-5-13(16)18(19(22)23)15-6-4-10-21-15/h2-3,5,7-9,11,18H,4,6,10H2,1H3. The molecule has 2 aromatic rings. The largest absolute Gasteiger partial charge is 0.494 e. The topological polar surface area (TPSA) is 41.9 Å². The van der Waals surface area contributed by atoms with E-state index in [1.807, 2.05) is 24.3 Å². The quantitative estimate of drug-likeness (QED) is 0.861. The average Bonchev–Trinajstić information content (AvgIpc) is 3.20. The number of rotatable bonds is 3. The van der Waals surface area contributed by atoms with Crippen LogP contribution in [0.1, 0.15) is 24.3 Å². The number of hydrogen-bond donors (Lipinski definition) is 0. The average molecular weight is 324 g/mol. The maximum atomic E-state index is 14.1. The third-order valence-corrected chi connectivity index (χ3v) is 4.59. The Balaban J connectivity index is 1.82. The maximum absolute atomic E-state index is 14.1. The van der Waals surface area contributed by atoms with Crippen LogP contribution in [-0.2, 0) is 4.79 Å². The highest BCUT2D eigenvalue weighted by Gasteiger charge is 2.41. The molecule has 2 aliphatic rings. The predicted octanol–water partition coefficient (Wildman–Crippen LogP) is 3.83. The Kier molecular flexibility index (Phi) is 3.56. The molecule has 5 heteroatoms. The van der Waals surface area contributed by atoms with Crippen molar-refractivity contribution in [1.29, 1.82) is 0 Å². The molecule has 1 unspecified atom stereocenters. The van der Waals surface area contributed by atoms with Crippen LogP contribution in [-0.4, -0.2) is 25.3 Å². The molecule has 0 bridgehead atoms. The summed E-state index contributed by atoms with van der Waals surface area (Å²) in [6, 6.07) is 12.2. The number of anilines is 2. The summed E-state index contributed by atoms with van der Waals surface area (Å²) in [6.45, 7) is 0.776. The second-order valence-electron chi connectivity index (χ2n) is 5.96. The zero-order chi connectivity index (χ0) is 16.7. The van der Waals surface area contributed by atoms with Crippen LogP contribution in [0.5, 0.6) is 5.75 Å². The lowest BCUT2D eigenvalue weighted by atomic mass is 9.94. The van der Waals surface area contributed by atoms with Gasteiger partial charge in [0.1, 0.15) is 5.92 Å². The van der Waals surface area contributed by atoms with Gasteiger partial charge in [-0.15, -0.1) is 0 Å². The molecule has 0 N–H and O–H groups in total. The third-order valence-electron chi connectivity index (χ3n) is 4.59. The Morgan fingerprint density at radius 2 is 2.08 bits per heavy atom. The van der Waals surface area contributed by atoms with Gasteiger partial charge in [0.15, 0.2) is 11.6 Å². The van der Waals surface area contributed by atoms with Crippen molar-refractivity contribution >= 4 is 23.0 Å². The number of carbonyl (C=O) groups excluding carboxylic acids is 1. The van der Waals surface area contributed by atoms with Gasteiger partial charge < -0.3 is 4.74 Å². The van der Waals surface area contributed by atoms with Crippen molar-refractivity contribution in [2.45, 2.75) is 18.8 Å². The van der Waals surface area contributed by atoms with E-state index in [1.54, 1.807) is 17.0 Å². The fraction of sp³-hybridized carbons (Fsp3) is 0.263. The van der Waals surface area contributed by atoms with Gasteiger partial charge in [-0.2, -0.15) is 0 Å². The molecule has 1 amide bonds. The summed E-state index contributed by atoms with van der Waals surface area (Å²) in [6.07, 6.45) is 1.83. The van der Waals surface area contributed by atoms with Gasteiger partial charge in [-0.3, -0.25) is 14.7 Å². The van der Waals surface area contributed by atoms with Crippen LogP contribution in [0.2, 0.25) is 0 Å². The van der Waals surface area contributed by atoms with E-state index < -0.39 is 5.82 Å². The first kappa shape index (κ1) is 14.9. The number of aliphatic imine (C=N–C) groups is 1. The lowest BCUT2D eigenvalue weighted by Gasteiger charge is -2.19. The van der Waals surface area contributed by atoms with Gasteiger partial charge in [-0.05, 0) is 36.6 Å². The monoisotopic (exact) mass is 324 g/mol. The van der Waals surface area contributed by atoms with Gasteiger partial charge >= 0.3 is 0 Å². The van der Waals surface area contributed by atoms with Crippen molar-refractivity contribution in [2.75, 3.05) is 18.6 Å². The summed E-state index contributed by atoms with van der Waals surface area (Å²) >= 11 is 0. The Labute approximate surface area is 139 Å². The van der Waals surface area contributed by atoms with E-state index in [9.17, 15) is 9.18 Å². The number of halogens is 1. The molecule has 4 rings (SSSR count). The molecule has 0 fully saturated rings. The van der Waals surface area contributed by atoms with Crippen molar-refractivity contribution in [3.8, 4) is 5.75 Å². The molecule has 24 heavy (non-hydrogen) atoms. The molecule has 2 aliphatic heterocycles. The van der Waals surface area contributed by atoms with Crippen LogP contribution < -0.4 is 9.64 Å². The summed E-state index contributed by atoms with van der Waals surface area (Å²) in [7, 11) is 1.42. The summed E-state index contributed by atoms with van der Waals surface area (Å²) in [5, 5.41) is 0. The number of carbonyl (C=O) groups is 1. The minimum absolute atomic E-state index is 0.0681. The Bertz CT molecular complexity index is 847. The number of fused-ring (bicyclic) bond motifs is 1. The lowest BCUT2D eigenvalue weighted by Crippen LogP contribution is -2.27. The minimum atomic E-state index is -0.484. The second kappa shape index (κ2) is 5.74. The van der Waals surface area contributed by atoms with Crippen LogP contribution in [0, 0.1) is 5.82 Å². The fourth-order valence-electron chi connectivity index (χ4n) is 3.50. The molecule has 0 spiro atoms. The lowest BCUT2D eigenvalue weighted by molar-refractivity contribution is -0.117. The van der Waals surface area contributed by atoms with E-state index in [-0.39, 0.29) is 17.6 Å². The van der Waals surface area contributed by atoms with Gasteiger partial charge in [0.05, 0.1) is 18.5 Å². The van der Waals surface area contributed by atoms with Gasteiger partial charge in [0, 0.05) is 18.3 Å². The van der Waals surface area contributed by atoms with Crippen LogP contribution in [0.4, 0.5) is 15.8 Å². The van der Waals surface area contributed by atoms with Crippen molar-refractivity contribution < 1.29 is 13.9 Å². The smallest absolute Gasteiger partial charge is 0.244 e. The number of amides is 1. The zero-order valence-corrected chi connectivity index (χ0v) is 13.3. The fourth-order valence-corrected chi connectivity index (χ4v) is 3.50. The van der Waals surface area contributed by atoms with E-state index in [0.29, 0.717) is 5.69 Å². The highest BCUT2D eigenvalue weighted by Crippen LogP contribution is 2.44. The van der Waals surface area contributed by atoms with Gasteiger partial charge in [-0.1, -0.05) is 18.2 Å². The summed E-state index contributed by atoms with van der Waals surface area (Å²) in [5.41, 5.74) is 3.18. The molecule has 122 valence electrons. The van der Waals surface area contributed by atoms with Crippen molar-refractivity contribution in [2.24, 2.45) is 4.99 Å². The number of nitrogens with zero attached hydrogens (tertiary/aromatic N) is 2. The van der Waals surface area contributed by atoms with E-state index in [2.05, 4.69) is 4.99 Å². The summed E-state index contributed by atoms with van der Waals surface area (Å²) in [5.74, 6) is -0.743. The Morgan fingerprint density at radius 1 is 1.25 bits per heavy atom. The molecule has 0 radical (unpaired) electrons. The number of benzene rings is 2. The first-order valence-corrected chi connectivity index (χ1v) is 8.00. The number of ether oxygens (including phenoxy) is 1. The van der Waals surface area contributed by atoms with Crippen molar-refractivity contribution in [3.63, 3.8) is 0 Å². The predicted molar refractivity (Wildman–Crippen MR) is 90.8 cm³/mol. The highest BCUT2D eigenvalue weighted by atomic mass is 19.1. The van der Waals surface area contributed by atoms with E-state index in [1.165, 1.54) is 13.2 Å². The second-order valence-corrected chi connectivity index (χ2v) is 5.96. The van der Waals surface area contributed by atoms with E-state index in [0.717, 1.165) is 36.3 Å². The summed E-state index contributed by atoms with van der Waals surface area (Å²) in [4.78, 5) is 19.2.